The Kier molecular flexibility index (Phi) is 5.59. The zero-order valence-corrected chi connectivity index (χ0v) is 11.2. The summed E-state index contributed by atoms with van der Waals surface area (Å²) in [6, 6.07) is 4.76. The maximum absolute atomic E-state index is 11.6. The number of halogens is 1. The van der Waals surface area contributed by atoms with Crippen molar-refractivity contribution < 1.29 is 24.2 Å². The van der Waals surface area contributed by atoms with Gasteiger partial charge in [-0.15, -0.1) is 0 Å². The highest BCUT2D eigenvalue weighted by Crippen LogP contribution is 2.27. The number of hydrogen-bond acceptors (Lipinski definition) is 4. The average Bonchev–Trinajstić information content (AvgIpc) is 2.36. The molecule has 2 N–H and O–H groups in total. The number of ether oxygens (including phenoxy) is 2. The summed E-state index contributed by atoms with van der Waals surface area (Å²) in [5.41, 5.74) is 0.395. The molecule has 19 heavy (non-hydrogen) atoms. The Morgan fingerprint density at radius 3 is 2.74 bits per heavy atom. The van der Waals surface area contributed by atoms with Crippen LogP contribution in [0.3, 0.4) is 0 Å². The van der Waals surface area contributed by atoms with E-state index < -0.39 is 18.0 Å². The van der Waals surface area contributed by atoms with Crippen LogP contribution in [0.1, 0.15) is 6.92 Å². The van der Waals surface area contributed by atoms with Gasteiger partial charge in [-0.25, -0.2) is 4.79 Å². The first kappa shape index (κ1) is 15.3. The molecule has 0 radical (unpaired) electrons. The van der Waals surface area contributed by atoms with Crippen LogP contribution in [0.25, 0.3) is 0 Å². The van der Waals surface area contributed by atoms with E-state index in [0.717, 1.165) is 0 Å². The normalized spacial score (nSPS) is 11.7. The van der Waals surface area contributed by atoms with Gasteiger partial charge in [0.1, 0.15) is 12.4 Å². The van der Waals surface area contributed by atoms with E-state index in [1.165, 1.54) is 20.1 Å². The van der Waals surface area contributed by atoms with E-state index in [1.807, 2.05) is 0 Å². The lowest BCUT2D eigenvalue weighted by Crippen LogP contribution is -2.26. The number of carbonyl (C=O) groups excluding carboxylic acids is 1. The molecular weight excluding hydrogens is 274 g/mol. The largest absolute Gasteiger partial charge is 0.495 e. The SMILES string of the molecule is COc1ccc(Cl)cc1NC(=O)CO[C@@H](C)C(=O)O. The van der Waals surface area contributed by atoms with Crippen molar-refractivity contribution in [2.45, 2.75) is 13.0 Å². The fourth-order valence-corrected chi connectivity index (χ4v) is 1.41. The summed E-state index contributed by atoms with van der Waals surface area (Å²) in [6.07, 6.45) is -1.05. The molecule has 6 nitrogen and oxygen atoms in total. The smallest absolute Gasteiger partial charge is 0.332 e. The summed E-state index contributed by atoms with van der Waals surface area (Å²) < 4.78 is 9.91. The molecule has 0 fully saturated rings. The highest BCUT2D eigenvalue weighted by molar-refractivity contribution is 6.31. The fourth-order valence-electron chi connectivity index (χ4n) is 1.24. The molecule has 104 valence electrons. The molecular formula is C12H14ClNO5. The van der Waals surface area contributed by atoms with E-state index in [-0.39, 0.29) is 6.61 Å². The van der Waals surface area contributed by atoms with Crippen molar-refractivity contribution in [3.63, 3.8) is 0 Å². The van der Waals surface area contributed by atoms with Gasteiger partial charge >= 0.3 is 5.97 Å². The minimum Gasteiger partial charge on any atom is -0.495 e. The van der Waals surface area contributed by atoms with Crippen molar-refractivity contribution in [2.24, 2.45) is 0 Å². The summed E-state index contributed by atoms with van der Waals surface area (Å²) in [6.45, 7) is 0.971. The lowest BCUT2D eigenvalue weighted by Gasteiger charge is -2.12. The highest BCUT2D eigenvalue weighted by atomic mass is 35.5. The maximum Gasteiger partial charge on any atom is 0.332 e. The second kappa shape index (κ2) is 6.96. The molecule has 0 aliphatic heterocycles. The molecule has 1 aromatic rings. The van der Waals surface area contributed by atoms with E-state index in [9.17, 15) is 9.59 Å². The molecule has 0 aliphatic carbocycles. The number of hydrogen-bond donors (Lipinski definition) is 2. The molecule has 0 bridgehead atoms. The van der Waals surface area contributed by atoms with Crippen molar-refractivity contribution in [1.82, 2.24) is 0 Å². The summed E-state index contributed by atoms with van der Waals surface area (Å²) in [5.74, 6) is -1.18. The Morgan fingerprint density at radius 2 is 2.16 bits per heavy atom. The predicted octanol–water partition coefficient (Wildman–Crippen LogP) is 1.78. The number of methoxy groups -OCH3 is 1. The standard InChI is InChI=1S/C12H14ClNO5/c1-7(12(16)17)19-6-11(15)14-9-5-8(13)3-4-10(9)18-2/h3-5,7H,6H2,1-2H3,(H,14,15)(H,16,17)/t7-/m0/s1. The van der Waals surface area contributed by atoms with E-state index in [0.29, 0.717) is 16.5 Å². The third-order valence-electron chi connectivity index (χ3n) is 2.25. The Morgan fingerprint density at radius 1 is 1.47 bits per heavy atom. The van der Waals surface area contributed by atoms with Crippen LogP contribution in [0.2, 0.25) is 5.02 Å². The second-order valence-corrected chi connectivity index (χ2v) is 4.12. The Balaban J connectivity index is 2.62. The quantitative estimate of drug-likeness (QED) is 0.833. The van der Waals surface area contributed by atoms with E-state index in [2.05, 4.69) is 5.32 Å². The van der Waals surface area contributed by atoms with Crippen LogP contribution in [0.5, 0.6) is 5.75 Å². The molecule has 0 aliphatic rings. The van der Waals surface area contributed by atoms with E-state index >= 15 is 0 Å². The maximum atomic E-state index is 11.6. The number of nitrogens with one attached hydrogen (secondary N) is 1. The number of anilines is 1. The molecule has 1 amide bonds. The number of carboxylic acid groups (broad SMARTS) is 1. The van der Waals surface area contributed by atoms with Gasteiger partial charge < -0.3 is 19.9 Å². The van der Waals surface area contributed by atoms with E-state index in [4.69, 9.17) is 26.2 Å². The zero-order chi connectivity index (χ0) is 14.4. The fraction of sp³-hybridized carbons (Fsp3) is 0.333. The first-order valence-electron chi connectivity index (χ1n) is 5.42. The van der Waals surface area contributed by atoms with Gasteiger partial charge in [0.2, 0.25) is 0 Å². The monoisotopic (exact) mass is 287 g/mol. The van der Waals surface area contributed by atoms with Crippen LogP contribution >= 0.6 is 11.6 Å². The van der Waals surface area contributed by atoms with Crippen molar-refractivity contribution in [3.05, 3.63) is 23.2 Å². The number of aliphatic carboxylic acids is 1. The van der Waals surface area contributed by atoms with Gasteiger partial charge in [-0.3, -0.25) is 4.79 Å². The molecule has 0 spiro atoms. The lowest BCUT2D eigenvalue weighted by molar-refractivity contribution is -0.150. The lowest BCUT2D eigenvalue weighted by atomic mass is 10.3. The number of amides is 1. The summed E-state index contributed by atoms with van der Waals surface area (Å²) >= 11 is 5.81. The second-order valence-electron chi connectivity index (χ2n) is 3.68. The molecule has 0 saturated carbocycles. The highest BCUT2D eigenvalue weighted by Gasteiger charge is 2.14. The van der Waals surface area contributed by atoms with Crippen molar-refractivity contribution in [3.8, 4) is 5.75 Å². The van der Waals surface area contributed by atoms with Crippen LogP contribution in [-0.2, 0) is 14.3 Å². The van der Waals surface area contributed by atoms with Crippen LogP contribution in [0, 0.1) is 0 Å². The third kappa shape index (κ3) is 4.76. The van der Waals surface area contributed by atoms with Gasteiger partial charge in [0.15, 0.2) is 6.10 Å². The Labute approximate surface area is 115 Å². The first-order valence-corrected chi connectivity index (χ1v) is 5.79. The van der Waals surface area contributed by atoms with Crippen molar-refractivity contribution in [1.29, 1.82) is 0 Å². The third-order valence-corrected chi connectivity index (χ3v) is 2.48. The van der Waals surface area contributed by atoms with Crippen molar-refractivity contribution in [2.75, 3.05) is 19.0 Å². The molecule has 0 aromatic heterocycles. The van der Waals surface area contributed by atoms with Gasteiger partial charge in [-0.1, -0.05) is 11.6 Å². The van der Waals surface area contributed by atoms with Crippen LogP contribution < -0.4 is 10.1 Å². The van der Waals surface area contributed by atoms with Crippen LogP contribution in [0.4, 0.5) is 5.69 Å². The summed E-state index contributed by atoms with van der Waals surface area (Å²) in [7, 11) is 1.46. The summed E-state index contributed by atoms with van der Waals surface area (Å²) in [5, 5.41) is 11.6. The number of benzene rings is 1. The van der Waals surface area contributed by atoms with E-state index in [1.54, 1.807) is 12.1 Å². The molecule has 1 aromatic carbocycles. The minimum atomic E-state index is -1.13. The molecule has 0 unspecified atom stereocenters. The number of carbonyl (C=O) groups is 2. The molecule has 1 rings (SSSR count). The number of carboxylic acids is 1. The molecule has 1 atom stereocenters. The summed E-state index contributed by atoms with van der Waals surface area (Å²) in [4.78, 5) is 22.1. The Hall–Kier alpha value is -1.79. The average molecular weight is 288 g/mol. The van der Waals surface area contributed by atoms with Gasteiger partial charge in [0.25, 0.3) is 5.91 Å². The topological polar surface area (TPSA) is 84.9 Å². The van der Waals surface area contributed by atoms with Gasteiger partial charge in [0, 0.05) is 5.02 Å². The Bertz CT molecular complexity index is 477. The minimum absolute atomic E-state index is 0.372. The molecule has 0 heterocycles. The predicted molar refractivity (Wildman–Crippen MR) is 69.7 cm³/mol. The van der Waals surface area contributed by atoms with Gasteiger partial charge in [-0.05, 0) is 25.1 Å². The van der Waals surface area contributed by atoms with Crippen LogP contribution in [0.15, 0.2) is 18.2 Å². The molecule has 7 heteroatoms. The van der Waals surface area contributed by atoms with Crippen molar-refractivity contribution >= 4 is 29.2 Å². The van der Waals surface area contributed by atoms with Crippen LogP contribution in [-0.4, -0.2) is 36.8 Å². The van der Waals surface area contributed by atoms with Gasteiger partial charge in [0.05, 0.1) is 12.8 Å². The zero-order valence-electron chi connectivity index (χ0n) is 10.5. The molecule has 0 saturated heterocycles. The number of rotatable bonds is 6. The first-order chi connectivity index (χ1) is 8.93. The van der Waals surface area contributed by atoms with Gasteiger partial charge in [-0.2, -0.15) is 0 Å².